The van der Waals surface area contributed by atoms with E-state index in [1.165, 1.54) is 0 Å². The molecule has 0 spiro atoms. The average Bonchev–Trinajstić information content (AvgIpc) is 2.51. The van der Waals surface area contributed by atoms with Gasteiger partial charge in [-0.15, -0.1) is 24.0 Å². The third-order valence-electron chi connectivity index (χ3n) is 4.19. The standard InChI is InChI=1S/C18H18F3N3.HI/c19-18(20,21)14-8-6-12(7-9-14)13-10-16(11-13)24-17(22)23-15-4-2-1-3-5-15;/h1-9,13,16H,10-11H2,(H3,22,23,24);1H. The average molecular weight is 461 g/mol. The van der Waals surface area contributed by atoms with Crippen LogP contribution in [0.5, 0.6) is 0 Å². The Bertz CT molecular complexity index is 709. The molecule has 3 N–H and O–H groups in total. The first-order valence-corrected chi connectivity index (χ1v) is 7.74. The summed E-state index contributed by atoms with van der Waals surface area (Å²) in [5.41, 5.74) is 7.06. The van der Waals surface area contributed by atoms with Crippen molar-refractivity contribution in [3.63, 3.8) is 0 Å². The summed E-state index contributed by atoms with van der Waals surface area (Å²) < 4.78 is 37.7. The number of hydrogen-bond donors (Lipinski definition) is 2. The van der Waals surface area contributed by atoms with E-state index < -0.39 is 11.7 Å². The van der Waals surface area contributed by atoms with Crippen LogP contribution in [0.1, 0.15) is 29.9 Å². The van der Waals surface area contributed by atoms with Gasteiger partial charge in [-0.05, 0) is 48.6 Å². The normalized spacial score (nSPS) is 20.4. The van der Waals surface area contributed by atoms with Gasteiger partial charge in [0.2, 0.25) is 0 Å². The summed E-state index contributed by atoms with van der Waals surface area (Å²) >= 11 is 0. The van der Waals surface area contributed by atoms with Crippen LogP contribution in [0.3, 0.4) is 0 Å². The molecule has 0 radical (unpaired) electrons. The zero-order valence-corrected chi connectivity index (χ0v) is 15.7. The second-order valence-electron chi connectivity index (χ2n) is 5.95. The fourth-order valence-corrected chi connectivity index (χ4v) is 2.81. The molecule has 0 aromatic heterocycles. The lowest BCUT2D eigenvalue weighted by atomic mass is 9.76. The number of anilines is 1. The Hall–Kier alpha value is -1.77. The molecular weight excluding hydrogens is 442 g/mol. The molecule has 3 nitrogen and oxygen atoms in total. The Morgan fingerprint density at radius 3 is 2.16 bits per heavy atom. The second-order valence-corrected chi connectivity index (χ2v) is 5.95. The first-order chi connectivity index (χ1) is 11.4. The number of aliphatic imine (C=N–C) groups is 1. The zero-order chi connectivity index (χ0) is 17.2. The predicted molar refractivity (Wildman–Crippen MR) is 104 cm³/mol. The minimum Gasteiger partial charge on any atom is -0.370 e. The largest absolute Gasteiger partial charge is 0.416 e. The number of nitrogens with two attached hydrogens (primary N) is 1. The van der Waals surface area contributed by atoms with E-state index in [1.54, 1.807) is 12.1 Å². The van der Waals surface area contributed by atoms with Crippen molar-refractivity contribution >= 4 is 35.6 Å². The number of alkyl halides is 3. The Labute approximate surface area is 161 Å². The highest BCUT2D eigenvalue weighted by Gasteiger charge is 2.33. The molecule has 7 heteroatoms. The summed E-state index contributed by atoms with van der Waals surface area (Å²) in [6, 6.07) is 15.0. The molecule has 134 valence electrons. The van der Waals surface area contributed by atoms with Crippen LogP contribution in [0.15, 0.2) is 59.6 Å². The maximum Gasteiger partial charge on any atom is 0.416 e. The molecule has 2 aromatic rings. The monoisotopic (exact) mass is 461 g/mol. The SMILES string of the molecule is I.NC(=NC1CC(c2ccc(C(F)(F)F)cc2)C1)Nc1ccccc1. The van der Waals surface area contributed by atoms with Crippen molar-refractivity contribution in [2.24, 2.45) is 10.7 Å². The predicted octanol–water partition coefficient (Wildman–Crippen LogP) is 5.00. The van der Waals surface area contributed by atoms with Gasteiger partial charge in [-0.3, -0.25) is 0 Å². The van der Waals surface area contributed by atoms with Gasteiger partial charge in [0.1, 0.15) is 0 Å². The lowest BCUT2D eigenvalue weighted by Gasteiger charge is -2.33. The van der Waals surface area contributed by atoms with E-state index in [0.717, 1.165) is 36.2 Å². The number of nitrogens with zero attached hydrogens (tertiary/aromatic N) is 1. The number of nitrogens with one attached hydrogen (secondary N) is 1. The number of hydrogen-bond acceptors (Lipinski definition) is 1. The molecule has 0 saturated heterocycles. The van der Waals surface area contributed by atoms with Crippen LogP contribution < -0.4 is 11.1 Å². The van der Waals surface area contributed by atoms with Gasteiger partial charge in [-0.25, -0.2) is 4.99 Å². The van der Waals surface area contributed by atoms with Crippen molar-refractivity contribution in [2.45, 2.75) is 31.0 Å². The van der Waals surface area contributed by atoms with Crippen molar-refractivity contribution in [2.75, 3.05) is 5.32 Å². The van der Waals surface area contributed by atoms with Crippen molar-refractivity contribution in [1.82, 2.24) is 0 Å². The molecule has 0 atom stereocenters. The Kier molecular flexibility index (Phi) is 6.31. The molecular formula is C18H19F3IN3. The maximum atomic E-state index is 12.6. The van der Waals surface area contributed by atoms with Gasteiger partial charge in [0, 0.05) is 5.69 Å². The summed E-state index contributed by atoms with van der Waals surface area (Å²) in [7, 11) is 0. The van der Waals surface area contributed by atoms with Gasteiger partial charge in [0.15, 0.2) is 5.96 Å². The van der Waals surface area contributed by atoms with Crippen LogP contribution in [0, 0.1) is 0 Å². The smallest absolute Gasteiger partial charge is 0.370 e. The van der Waals surface area contributed by atoms with Crippen LogP contribution in [0.25, 0.3) is 0 Å². The zero-order valence-electron chi connectivity index (χ0n) is 13.3. The summed E-state index contributed by atoms with van der Waals surface area (Å²) in [4.78, 5) is 4.41. The van der Waals surface area contributed by atoms with Crippen LogP contribution in [0.2, 0.25) is 0 Å². The molecule has 2 aromatic carbocycles. The lowest BCUT2D eigenvalue weighted by molar-refractivity contribution is -0.137. The summed E-state index contributed by atoms with van der Waals surface area (Å²) in [5, 5.41) is 3.02. The highest BCUT2D eigenvalue weighted by Crippen LogP contribution is 2.39. The van der Waals surface area contributed by atoms with Crippen molar-refractivity contribution < 1.29 is 13.2 Å². The highest BCUT2D eigenvalue weighted by atomic mass is 127. The van der Waals surface area contributed by atoms with Crippen LogP contribution in [-0.2, 0) is 6.18 Å². The fourth-order valence-electron chi connectivity index (χ4n) is 2.81. The number of guanidine groups is 1. The van der Waals surface area contributed by atoms with Crippen LogP contribution in [0.4, 0.5) is 18.9 Å². The summed E-state index contributed by atoms with van der Waals surface area (Å²) in [6.45, 7) is 0. The molecule has 0 bridgehead atoms. The first kappa shape index (κ1) is 19.6. The fraction of sp³-hybridized carbons (Fsp3) is 0.278. The molecule has 1 aliphatic rings. The Balaban J connectivity index is 0.00000225. The third kappa shape index (κ3) is 5.10. The first-order valence-electron chi connectivity index (χ1n) is 7.74. The Morgan fingerprint density at radius 1 is 1.00 bits per heavy atom. The molecule has 1 fully saturated rings. The number of benzene rings is 2. The molecule has 1 saturated carbocycles. The van der Waals surface area contributed by atoms with E-state index in [1.807, 2.05) is 30.3 Å². The minimum atomic E-state index is -4.29. The molecule has 0 aliphatic heterocycles. The number of halogens is 4. The van der Waals surface area contributed by atoms with Gasteiger partial charge >= 0.3 is 6.18 Å². The van der Waals surface area contributed by atoms with Gasteiger partial charge in [0.05, 0.1) is 11.6 Å². The van der Waals surface area contributed by atoms with Crippen molar-refractivity contribution in [3.05, 3.63) is 65.7 Å². The van der Waals surface area contributed by atoms with Crippen molar-refractivity contribution in [3.8, 4) is 0 Å². The topological polar surface area (TPSA) is 50.4 Å². The van der Waals surface area contributed by atoms with Gasteiger partial charge in [0.25, 0.3) is 0 Å². The lowest BCUT2D eigenvalue weighted by Crippen LogP contribution is -2.31. The molecule has 1 aliphatic carbocycles. The minimum absolute atomic E-state index is 0. The maximum absolute atomic E-state index is 12.6. The van der Waals surface area contributed by atoms with E-state index in [-0.39, 0.29) is 35.9 Å². The van der Waals surface area contributed by atoms with Crippen molar-refractivity contribution in [1.29, 1.82) is 0 Å². The van der Waals surface area contributed by atoms with Gasteiger partial charge in [-0.1, -0.05) is 30.3 Å². The van der Waals surface area contributed by atoms with E-state index in [0.29, 0.717) is 5.96 Å². The third-order valence-corrected chi connectivity index (χ3v) is 4.19. The number of para-hydroxylation sites is 1. The molecule has 0 heterocycles. The van der Waals surface area contributed by atoms with E-state index in [2.05, 4.69) is 10.3 Å². The van der Waals surface area contributed by atoms with E-state index in [9.17, 15) is 13.2 Å². The van der Waals surface area contributed by atoms with Crippen LogP contribution in [-0.4, -0.2) is 12.0 Å². The molecule has 0 amide bonds. The molecule has 0 unspecified atom stereocenters. The highest BCUT2D eigenvalue weighted by molar-refractivity contribution is 14.0. The van der Waals surface area contributed by atoms with Gasteiger partial charge < -0.3 is 11.1 Å². The number of rotatable bonds is 3. The Morgan fingerprint density at radius 2 is 1.60 bits per heavy atom. The summed E-state index contributed by atoms with van der Waals surface area (Å²) in [5.74, 6) is 0.600. The molecule has 3 rings (SSSR count). The quantitative estimate of drug-likeness (QED) is 0.384. The second kappa shape index (κ2) is 8.07. The molecule has 25 heavy (non-hydrogen) atoms. The summed E-state index contributed by atoms with van der Waals surface area (Å²) in [6.07, 6.45) is -2.70. The van der Waals surface area contributed by atoms with E-state index in [4.69, 9.17) is 5.73 Å². The van der Waals surface area contributed by atoms with E-state index >= 15 is 0 Å². The van der Waals surface area contributed by atoms with Crippen LogP contribution >= 0.6 is 24.0 Å². The van der Waals surface area contributed by atoms with Gasteiger partial charge in [-0.2, -0.15) is 13.2 Å².